The standard InChI is InChI=1S/C8H15N3O5/c9-7(14)16-5-4-11-8(15)10-3-1-2-6(12)13/h1-5H2,(H2,9,14)(H,12,13)(H2,10,11,15). The van der Waals surface area contributed by atoms with Crippen LogP contribution in [0.25, 0.3) is 0 Å². The number of urea groups is 1. The van der Waals surface area contributed by atoms with E-state index in [1.807, 2.05) is 0 Å². The summed E-state index contributed by atoms with van der Waals surface area (Å²) in [4.78, 5) is 31.3. The predicted molar refractivity (Wildman–Crippen MR) is 53.8 cm³/mol. The third-order valence-electron chi connectivity index (χ3n) is 1.48. The highest BCUT2D eigenvalue weighted by Gasteiger charge is 2.01. The van der Waals surface area contributed by atoms with E-state index in [1.54, 1.807) is 0 Å². The molecule has 5 N–H and O–H groups in total. The molecule has 92 valence electrons. The first-order valence-electron chi connectivity index (χ1n) is 4.68. The normalized spacial score (nSPS) is 9.25. The van der Waals surface area contributed by atoms with Gasteiger partial charge in [-0.3, -0.25) is 4.79 Å². The van der Waals surface area contributed by atoms with Crippen LogP contribution < -0.4 is 16.4 Å². The number of primary amides is 1. The molecule has 3 amide bonds. The SMILES string of the molecule is NC(=O)OCCNC(=O)NCCCC(=O)O. The van der Waals surface area contributed by atoms with Crippen LogP contribution in [-0.2, 0) is 9.53 Å². The molecule has 0 atom stereocenters. The quantitative estimate of drug-likeness (QED) is 0.429. The molecule has 0 aliphatic rings. The zero-order valence-corrected chi connectivity index (χ0v) is 8.69. The Balaban J connectivity index is 3.31. The average Bonchev–Trinajstić information content (AvgIpc) is 2.19. The Labute approximate surface area is 92.1 Å². The number of hydrogen-bond donors (Lipinski definition) is 4. The molecule has 0 aliphatic heterocycles. The Bertz CT molecular complexity index is 232. The zero-order valence-electron chi connectivity index (χ0n) is 8.69. The van der Waals surface area contributed by atoms with E-state index in [0.717, 1.165) is 0 Å². The Morgan fingerprint density at radius 1 is 1.19 bits per heavy atom. The molecule has 0 spiro atoms. The molecule has 0 saturated carbocycles. The van der Waals surface area contributed by atoms with Crippen LogP contribution in [0.5, 0.6) is 0 Å². The van der Waals surface area contributed by atoms with Crippen LogP contribution in [0.3, 0.4) is 0 Å². The van der Waals surface area contributed by atoms with Gasteiger partial charge in [0.25, 0.3) is 0 Å². The summed E-state index contributed by atoms with van der Waals surface area (Å²) >= 11 is 0. The van der Waals surface area contributed by atoms with Crippen molar-refractivity contribution >= 4 is 18.1 Å². The van der Waals surface area contributed by atoms with Crippen molar-refractivity contribution in [3.63, 3.8) is 0 Å². The number of rotatable bonds is 7. The van der Waals surface area contributed by atoms with Crippen LogP contribution in [0.15, 0.2) is 0 Å². The van der Waals surface area contributed by atoms with E-state index in [-0.39, 0.29) is 26.1 Å². The molecule has 0 aromatic rings. The fourth-order valence-electron chi connectivity index (χ4n) is 0.820. The van der Waals surface area contributed by atoms with E-state index in [4.69, 9.17) is 10.8 Å². The third kappa shape index (κ3) is 10.1. The van der Waals surface area contributed by atoms with Gasteiger partial charge in [-0.2, -0.15) is 0 Å². The monoisotopic (exact) mass is 233 g/mol. The summed E-state index contributed by atoms with van der Waals surface area (Å²) in [5.41, 5.74) is 4.69. The van der Waals surface area contributed by atoms with Crippen LogP contribution in [0.4, 0.5) is 9.59 Å². The summed E-state index contributed by atoms with van der Waals surface area (Å²) < 4.78 is 4.37. The second-order valence-electron chi connectivity index (χ2n) is 2.85. The summed E-state index contributed by atoms with van der Waals surface area (Å²) in [5.74, 6) is -0.905. The number of carboxylic acid groups (broad SMARTS) is 1. The number of carbonyl (C=O) groups excluding carboxylic acids is 2. The van der Waals surface area contributed by atoms with E-state index in [2.05, 4.69) is 15.4 Å². The van der Waals surface area contributed by atoms with Gasteiger partial charge in [0.2, 0.25) is 0 Å². The molecule has 0 aromatic carbocycles. The number of hydrogen-bond acceptors (Lipinski definition) is 4. The number of nitrogens with one attached hydrogen (secondary N) is 2. The molecule has 0 aliphatic carbocycles. The third-order valence-corrected chi connectivity index (χ3v) is 1.48. The number of aliphatic carboxylic acids is 1. The lowest BCUT2D eigenvalue weighted by molar-refractivity contribution is -0.137. The van der Waals surface area contributed by atoms with Crippen LogP contribution in [0, 0.1) is 0 Å². The van der Waals surface area contributed by atoms with Crippen molar-refractivity contribution in [3.8, 4) is 0 Å². The van der Waals surface area contributed by atoms with Crippen LogP contribution in [0.1, 0.15) is 12.8 Å². The first-order chi connectivity index (χ1) is 7.52. The molecule has 0 saturated heterocycles. The highest BCUT2D eigenvalue weighted by Crippen LogP contribution is 1.85. The molecule has 16 heavy (non-hydrogen) atoms. The average molecular weight is 233 g/mol. The highest BCUT2D eigenvalue weighted by molar-refractivity contribution is 5.74. The molecule has 0 heterocycles. The maximum atomic E-state index is 11.0. The highest BCUT2D eigenvalue weighted by atomic mass is 16.5. The lowest BCUT2D eigenvalue weighted by atomic mass is 10.3. The van der Waals surface area contributed by atoms with Gasteiger partial charge in [-0.1, -0.05) is 0 Å². The van der Waals surface area contributed by atoms with Crippen molar-refractivity contribution in [1.82, 2.24) is 10.6 Å². The Morgan fingerprint density at radius 3 is 2.38 bits per heavy atom. The summed E-state index contributed by atoms with van der Waals surface area (Å²) in [7, 11) is 0. The van der Waals surface area contributed by atoms with Crippen LogP contribution >= 0.6 is 0 Å². The maximum absolute atomic E-state index is 11.0. The van der Waals surface area contributed by atoms with E-state index in [0.29, 0.717) is 6.42 Å². The second-order valence-corrected chi connectivity index (χ2v) is 2.85. The van der Waals surface area contributed by atoms with Gasteiger partial charge < -0.3 is 26.2 Å². The summed E-state index contributed by atoms with van der Waals surface area (Å²) in [6, 6.07) is -0.446. The minimum Gasteiger partial charge on any atom is -0.481 e. The smallest absolute Gasteiger partial charge is 0.404 e. The van der Waals surface area contributed by atoms with Gasteiger partial charge >= 0.3 is 18.1 Å². The fourth-order valence-corrected chi connectivity index (χ4v) is 0.820. The fraction of sp³-hybridized carbons (Fsp3) is 0.625. The molecule has 0 unspecified atom stereocenters. The first-order valence-corrected chi connectivity index (χ1v) is 4.68. The van der Waals surface area contributed by atoms with Crippen molar-refractivity contribution < 1.29 is 24.2 Å². The lowest BCUT2D eigenvalue weighted by Gasteiger charge is -2.06. The summed E-state index contributed by atoms with van der Waals surface area (Å²) in [5, 5.41) is 13.2. The maximum Gasteiger partial charge on any atom is 0.404 e. The van der Waals surface area contributed by atoms with Crippen LogP contribution in [-0.4, -0.2) is 42.9 Å². The van der Waals surface area contributed by atoms with Crippen molar-refractivity contribution in [2.75, 3.05) is 19.7 Å². The largest absolute Gasteiger partial charge is 0.481 e. The molecule has 0 aromatic heterocycles. The number of nitrogens with two attached hydrogens (primary N) is 1. The van der Waals surface area contributed by atoms with Gasteiger partial charge in [-0.05, 0) is 6.42 Å². The number of carboxylic acids is 1. The molecular weight excluding hydrogens is 218 g/mol. The van der Waals surface area contributed by atoms with Crippen molar-refractivity contribution in [2.24, 2.45) is 5.73 Å². The minimum absolute atomic E-state index is 0.00210. The summed E-state index contributed by atoms with van der Waals surface area (Å²) in [6.45, 7) is 0.417. The molecule has 0 bridgehead atoms. The van der Waals surface area contributed by atoms with E-state index >= 15 is 0 Å². The molecule has 0 rings (SSSR count). The number of amides is 3. The van der Waals surface area contributed by atoms with Gasteiger partial charge in [0.15, 0.2) is 0 Å². The number of ether oxygens (including phenoxy) is 1. The second kappa shape index (κ2) is 8.33. The zero-order chi connectivity index (χ0) is 12.4. The van der Waals surface area contributed by atoms with Crippen molar-refractivity contribution in [1.29, 1.82) is 0 Å². The Hall–Kier alpha value is -1.99. The van der Waals surface area contributed by atoms with Crippen molar-refractivity contribution in [2.45, 2.75) is 12.8 Å². The lowest BCUT2D eigenvalue weighted by Crippen LogP contribution is -2.38. The van der Waals surface area contributed by atoms with E-state index in [9.17, 15) is 14.4 Å². The van der Waals surface area contributed by atoms with Gasteiger partial charge in [0.1, 0.15) is 6.61 Å². The molecule has 0 radical (unpaired) electrons. The Morgan fingerprint density at radius 2 is 1.81 bits per heavy atom. The van der Waals surface area contributed by atoms with E-state index in [1.165, 1.54) is 0 Å². The van der Waals surface area contributed by atoms with Crippen molar-refractivity contribution in [3.05, 3.63) is 0 Å². The topological polar surface area (TPSA) is 131 Å². The van der Waals surface area contributed by atoms with Gasteiger partial charge in [0.05, 0.1) is 6.54 Å². The molecule has 8 nitrogen and oxygen atoms in total. The first kappa shape index (κ1) is 14.0. The minimum atomic E-state index is -0.905. The summed E-state index contributed by atoms with van der Waals surface area (Å²) in [6.07, 6.45) is -0.533. The molecule has 0 fully saturated rings. The number of carbonyl (C=O) groups is 3. The predicted octanol–water partition coefficient (Wildman–Crippen LogP) is -0.754. The van der Waals surface area contributed by atoms with E-state index < -0.39 is 18.1 Å². The molecule has 8 heteroatoms. The van der Waals surface area contributed by atoms with Crippen LogP contribution in [0.2, 0.25) is 0 Å². The Kier molecular flexibility index (Phi) is 7.29. The van der Waals surface area contributed by atoms with Gasteiger partial charge in [-0.15, -0.1) is 0 Å². The molecular formula is C8H15N3O5. The van der Waals surface area contributed by atoms with Gasteiger partial charge in [0, 0.05) is 13.0 Å². The van der Waals surface area contributed by atoms with Gasteiger partial charge in [-0.25, -0.2) is 9.59 Å².